The molecule has 143 heavy (non-hydrogen) atoms. The molecule has 0 fully saturated rings. The fourth-order valence-electron chi connectivity index (χ4n) is 18.5. The van der Waals surface area contributed by atoms with Crippen molar-refractivity contribution in [2.24, 2.45) is 0 Å². The Balaban J connectivity index is 0.000000109. The van der Waals surface area contributed by atoms with E-state index in [0.29, 0.717) is 107 Å². The zero-order valence-electron chi connectivity index (χ0n) is 79.2. The van der Waals surface area contributed by atoms with Crippen LogP contribution < -0.4 is 70.5 Å². The Kier molecular flexibility index (Phi) is 22.1. The summed E-state index contributed by atoms with van der Waals surface area (Å²) < 4.78 is 24.6. The number of hydrogen-bond acceptors (Lipinski definition) is 35. The van der Waals surface area contributed by atoms with Gasteiger partial charge in [0.15, 0.2) is 23.3 Å². The first kappa shape index (κ1) is 89.7. The quantitative estimate of drug-likeness (QED) is 0.0505. The monoisotopic (exact) mass is 1930 g/mol. The molecule has 0 aliphatic carbocycles. The summed E-state index contributed by atoms with van der Waals surface area (Å²) in [6.07, 6.45) is 20.9. The van der Waals surface area contributed by atoms with Crippen molar-refractivity contribution in [1.82, 2.24) is 139 Å². The van der Waals surface area contributed by atoms with E-state index in [1.54, 1.807) is 61.9 Å². The van der Waals surface area contributed by atoms with Crippen LogP contribution in [0.15, 0.2) is 161 Å². The molecule has 8 aliphatic heterocycles. The highest BCUT2D eigenvalue weighted by atomic mass is 32.2. The number of carbonyl (C=O) groups is 3. The van der Waals surface area contributed by atoms with Crippen molar-refractivity contribution >= 4 is 186 Å². The molecule has 17 aromatic rings. The van der Waals surface area contributed by atoms with E-state index < -0.39 is 9.71 Å². The Morgan fingerprint density at radius 2 is 0.762 bits per heavy atom. The third-order valence-corrected chi connectivity index (χ3v) is 28.0. The van der Waals surface area contributed by atoms with Gasteiger partial charge in [-0.2, -0.15) is 20.4 Å². The van der Waals surface area contributed by atoms with Gasteiger partial charge in [0.25, 0.3) is 0 Å². The van der Waals surface area contributed by atoms with Crippen LogP contribution in [0.2, 0.25) is 0 Å². The number of hydrogen-bond donors (Lipinski definition) is 13. The predicted octanol–water partition coefficient (Wildman–Crippen LogP) is 10.6. The molecule has 25 rings (SSSR count). The number of imidazole rings is 1. The van der Waals surface area contributed by atoms with Gasteiger partial charge in [-0.05, 0) is 119 Å². The minimum atomic E-state index is -2.39. The van der Waals surface area contributed by atoms with E-state index >= 15 is 0 Å². The van der Waals surface area contributed by atoms with Crippen molar-refractivity contribution in [3.05, 3.63) is 229 Å². The number of aryl methyl sites for hydroxylation is 2. The van der Waals surface area contributed by atoms with Crippen LogP contribution in [0.3, 0.4) is 0 Å². The van der Waals surface area contributed by atoms with Crippen LogP contribution in [0.1, 0.15) is 68.1 Å². The third kappa shape index (κ3) is 17.1. The second-order valence-electron chi connectivity index (χ2n) is 36.2. The normalized spacial score (nSPS) is 15.8. The minimum absolute atomic E-state index is 0.0338. The number of anilines is 16. The molecule has 0 saturated heterocycles. The molecule has 8 aliphatic rings. The van der Waals surface area contributed by atoms with Gasteiger partial charge >= 0.3 is 0 Å². The molecule has 17 aromatic heterocycles. The molecule has 3 amide bonds. The van der Waals surface area contributed by atoms with E-state index in [4.69, 9.17) is 28.0 Å². The number of nitrogen functional groups attached to an aromatic ring is 4. The molecule has 1 unspecified atom stereocenters. The lowest BCUT2D eigenvalue weighted by atomic mass is 10.0. The van der Waals surface area contributed by atoms with Crippen LogP contribution >= 0.6 is 0 Å². The average molecular weight is 1930 g/mol. The standard InChI is InChI=1S/C26H25N11.C25H26N10O.C24H24N10O.C23H23N9O2S/c1-14-18(11-30-25-15(2)35(3)34-24(14)25)20-8-16-9-21(29-12-19(16)26(27)31-20)32-22-10-17-4-6-36-7-5-28-23(36)13-37(17)33-22;1-13-17(10-28-24-14(2)34(4)32-23(13)24)19-7-15-8-20(27-11-18(15)25(26)29-19)30-21-9-16-5-6-33(3)22(36)12-35(16)31-21;1-12-16(9-28-23-13(2)33(3)32-22(12)23)18-6-14-7-19(27-10-17(14)24(25)29-18)30-20-8-15-4-5-26-21(35)11-34(15)31-20;1-31-4-3-15-8-21(29-32(15)11-22(31)33)28-20-7-13-5-17(27-23(24)16(13)10-26-20)14-6-18-19(25-9-14)12-35(2,34)30-18/h5,7-12,34H,2,4,6,13H2,1,3H3,(H2,27,31)(H,29,32,33);7-11,32H,2,5-6,12H2,1,3-4H3,(H2,26,29)(H,27,30,31);6-10,32H,2,4-5,11H2,1,3H3,(H2,25,29)(H,26,35)(H,27,30,31);5-10H,2-4,11-12H2,1H3,(H2,24,27)(H,30,34)(H,26,28,29). The SMILES string of the molecule is C=C1c2ncc(-c3cc4cc(Nc5cc6n(n5)CC(=O)N(C)CC6)ncc4c(N)n3)c(C)c2NN1C.C=C1c2ncc(-c3cc4cc(Nc5cc6n(n5)CC(=O)NCC6)ncc4c(N)n3)c(C)c2NN1C.C=C1c2ncc(-c3cc4cc(Nc5cc6n(n5)Cc5nccn5CC6)ncc4c(N)n3)c(C)c2NN1C.C=S1(=O)Cc2ncc(-c3cc4cc(Nc5cc6n(n5)CC(=O)N(C)CC6)ncc4c(N)n3)cc2N1. The van der Waals surface area contributed by atoms with Crippen LogP contribution in [-0.4, -0.2) is 216 Å². The number of likely N-dealkylation sites (N-methyl/N-ethyl adjacent to an activating group) is 2. The van der Waals surface area contributed by atoms with E-state index in [1.807, 2.05) is 172 Å². The van der Waals surface area contributed by atoms with Gasteiger partial charge in [0.1, 0.15) is 89.1 Å². The molecule has 17 N–H and O–H groups in total. The van der Waals surface area contributed by atoms with E-state index in [9.17, 15) is 18.6 Å². The second-order valence-corrected chi connectivity index (χ2v) is 38.3. The molecule has 0 spiro atoms. The summed E-state index contributed by atoms with van der Waals surface area (Å²) in [6, 6.07) is 25.4. The molecule has 0 radical (unpaired) electrons. The Hall–Kier alpha value is -18.5. The largest absolute Gasteiger partial charge is 0.383 e. The summed E-state index contributed by atoms with van der Waals surface area (Å²) in [6.45, 7) is 22.5. The molecule has 0 bridgehead atoms. The number of nitrogens with two attached hydrogens (primary N) is 4. The Labute approximate surface area is 817 Å². The highest BCUT2D eigenvalue weighted by molar-refractivity contribution is 8.01. The lowest BCUT2D eigenvalue weighted by Crippen LogP contribution is -2.29. The van der Waals surface area contributed by atoms with E-state index in [1.165, 1.54) is 0 Å². The number of carbonyl (C=O) groups excluding carboxylic acids is 3. The molecular weight excluding hydrogens is 1830 g/mol. The van der Waals surface area contributed by atoms with Gasteiger partial charge in [0.05, 0.1) is 90.3 Å². The molecule has 0 saturated carbocycles. The van der Waals surface area contributed by atoms with E-state index in [0.717, 1.165) is 223 Å². The van der Waals surface area contributed by atoms with Gasteiger partial charge in [-0.15, -0.1) is 0 Å². The third-order valence-electron chi connectivity index (χ3n) is 26.6. The fourth-order valence-corrected chi connectivity index (χ4v) is 19.8. The van der Waals surface area contributed by atoms with Gasteiger partial charge in [0.2, 0.25) is 17.7 Å². The molecule has 0 aromatic carbocycles. The Morgan fingerprint density at radius 1 is 0.399 bits per heavy atom. The van der Waals surface area contributed by atoms with Crippen LogP contribution in [0.5, 0.6) is 0 Å². The summed E-state index contributed by atoms with van der Waals surface area (Å²) in [7, 11) is 6.96. The van der Waals surface area contributed by atoms with Crippen molar-refractivity contribution in [3.63, 3.8) is 0 Å². The number of nitrogens with zero attached hydrogens (tertiary/aromatic N) is 27. The number of nitrogens with one attached hydrogen (secondary N) is 9. The van der Waals surface area contributed by atoms with E-state index in [2.05, 4.69) is 164 Å². The molecule has 720 valence electrons. The van der Waals surface area contributed by atoms with Crippen LogP contribution in [0.4, 0.5) is 92.6 Å². The number of rotatable bonds is 12. The smallest absolute Gasteiger partial charge is 0.244 e. The topological polar surface area (TPSA) is 541 Å². The predicted molar refractivity (Wildman–Crippen MR) is 553 cm³/mol. The van der Waals surface area contributed by atoms with Gasteiger partial charge in [-0.3, -0.25) is 84.4 Å². The summed E-state index contributed by atoms with van der Waals surface area (Å²) >= 11 is 0. The first-order valence-electron chi connectivity index (χ1n) is 45.9. The molecule has 25 heterocycles. The van der Waals surface area contributed by atoms with Crippen molar-refractivity contribution < 1.29 is 18.6 Å². The van der Waals surface area contributed by atoms with Crippen molar-refractivity contribution in [2.45, 2.75) is 84.9 Å². The van der Waals surface area contributed by atoms with Crippen LogP contribution in [-0.2, 0) is 88.3 Å². The molecular formula is C98H98N40O4S. The fraction of sp³-hybridized carbons (Fsp3) is 0.214. The number of fused-ring (bicyclic) bond motifs is 13. The highest BCUT2D eigenvalue weighted by Crippen LogP contribution is 2.44. The molecule has 45 heteroatoms. The number of aromatic nitrogens is 22. The zero-order valence-corrected chi connectivity index (χ0v) is 80.0. The number of pyridine rings is 12. The molecule has 44 nitrogen and oxygen atoms in total. The van der Waals surface area contributed by atoms with Gasteiger partial charge in [-0.25, -0.2) is 49.1 Å². The zero-order chi connectivity index (χ0) is 99.0. The van der Waals surface area contributed by atoms with Crippen molar-refractivity contribution in [2.75, 3.05) is 120 Å². The van der Waals surface area contributed by atoms with Crippen LogP contribution in [0.25, 0.3) is 105 Å². The second kappa shape index (κ2) is 35.2. The Bertz CT molecular complexity index is 8400. The molecule has 1 atom stereocenters. The van der Waals surface area contributed by atoms with Crippen LogP contribution in [0, 0.1) is 20.8 Å². The maximum atomic E-state index is 12.3. The lowest BCUT2D eigenvalue weighted by molar-refractivity contribution is -0.131. The van der Waals surface area contributed by atoms with Crippen molar-refractivity contribution in [3.8, 4) is 45.0 Å². The number of hydrazine groups is 3. The summed E-state index contributed by atoms with van der Waals surface area (Å²) in [4.78, 5) is 98.8. The first-order valence-corrected chi connectivity index (χ1v) is 47.8. The van der Waals surface area contributed by atoms with E-state index in [-0.39, 0.29) is 37.4 Å². The Morgan fingerprint density at radius 3 is 1.17 bits per heavy atom. The summed E-state index contributed by atoms with van der Waals surface area (Å²) in [5.74, 6) is 11.8. The van der Waals surface area contributed by atoms with Crippen molar-refractivity contribution in [1.29, 1.82) is 0 Å². The minimum Gasteiger partial charge on any atom is -0.383 e. The maximum Gasteiger partial charge on any atom is 0.244 e. The summed E-state index contributed by atoms with van der Waals surface area (Å²) in [5, 5.41) is 46.5. The highest BCUT2D eigenvalue weighted by Gasteiger charge is 2.32. The van der Waals surface area contributed by atoms with Gasteiger partial charge in [0, 0.05) is 240 Å². The van der Waals surface area contributed by atoms with Gasteiger partial charge in [-0.1, -0.05) is 19.7 Å². The lowest BCUT2D eigenvalue weighted by Gasteiger charge is -2.13. The van der Waals surface area contributed by atoms with Gasteiger partial charge < -0.3 is 68.6 Å². The summed E-state index contributed by atoms with van der Waals surface area (Å²) in [5.41, 5.74) is 57.8. The maximum absolute atomic E-state index is 12.3. The number of amides is 3. The average Bonchev–Trinajstić information content (AvgIpc) is 1.67. The first-order chi connectivity index (χ1) is 68.8.